The predicted octanol–water partition coefficient (Wildman–Crippen LogP) is -0.732. The first kappa shape index (κ1) is 17.5. The van der Waals surface area contributed by atoms with Gasteiger partial charge in [-0.25, -0.2) is 0 Å². The molecule has 0 spiro atoms. The fourth-order valence-corrected chi connectivity index (χ4v) is 2.14. The zero-order chi connectivity index (χ0) is 15.7. The molecule has 21 heavy (non-hydrogen) atoms. The number of amides is 2. The molecule has 1 atom stereocenters. The van der Waals surface area contributed by atoms with Crippen LogP contribution in [0.4, 0.5) is 0 Å². The monoisotopic (exact) mass is 294 g/mol. The first-order valence-corrected chi connectivity index (χ1v) is 7.49. The Morgan fingerprint density at radius 2 is 1.67 bits per heavy atom. The van der Waals surface area contributed by atoms with Crippen molar-refractivity contribution in [3.8, 4) is 12.3 Å². The van der Waals surface area contributed by atoms with E-state index in [1.165, 1.54) is 0 Å². The summed E-state index contributed by atoms with van der Waals surface area (Å²) < 4.78 is 0. The summed E-state index contributed by atoms with van der Waals surface area (Å²) in [6, 6.07) is 0.221. The standard InChI is InChI=1S/C15H26N4O2/c1-4-6-16-14(20)11-18-7-9-19(10-8-18)12-15(21)17-13(3)5-2/h1,13H,5-12H2,2-3H3,(H,16,20)(H,17,21)/t13-/m1/s1. The van der Waals surface area contributed by atoms with Crippen molar-refractivity contribution in [3.63, 3.8) is 0 Å². The lowest BCUT2D eigenvalue weighted by Gasteiger charge is -2.33. The number of nitrogens with zero attached hydrogens (tertiary/aromatic N) is 2. The fourth-order valence-electron chi connectivity index (χ4n) is 2.14. The van der Waals surface area contributed by atoms with Gasteiger partial charge in [0.1, 0.15) is 0 Å². The van der Waals surface area contributed by atoms with Crippen molar-refractivity contribution >= 4 is 11.8 Å². The third kappa shape index (κ3) is 7.11. The average Bonchev–Trinajstić information content (AvgIpc) is 2.47. The molecule has 0 radical (unpaired) electrons. The second-order valence-corrected chi connectivity index (χ2v) is 5.41. The first-order valence-electron chi connectivity index (χ1n) is 7.49. The zero-order valence-corrected chi connectivity index (χ0v) is 13.0. The van der Waals surface area contributed by atoms with Crippen molar-refractivity contribution in [3.05, 3.63) is 0 Å². The molecule has 0 bridgehead atoms. The van der Waals surface area contributed by atoms with Crippen molar-refractivity contribution in [2.75, 3.05) is 45.8 Å². The van der Waals surface area contributed by atoms with E-state index in [9.17, 15) is 9.59 Å². The molecule has 6 heteroatoms. The van der Waals surface area contributed by atoms with Crippen molar-refractivity contribution in [2.45, 2.75) is 26.3 Å². The van der Waals surface area contributed by atoms with E-state index in [1.54, 1.807) is 0 Å². The van der Waals surface area contributed by atoms with Gasteiger partial charge < -0.3 is 10.6 Å². The molecule has 1 aliphatic rings. The van der Waals surface area contributed by atoms with Gasteiger partial charge in [0.15, 0.2) is 0 Å². The predicted molar refractivity (Wildman–Crippen MR) is 82.6 cm³/mol. The smallest absolute Gasteiger partial charge is 0.234 e. The van der Waals surface area contributed by atoms with Gasteiger partial charge in [-0.05, 0) is 13.3 Å². The number of nitrogens with one attached hydrogen (secondary N) is 2. The Morgan fingerprint density at radius 3 is 2.14 bits per heavy atom. The Balaban J connectivity index is 2.21. The highest BCUT2D eigenvalue weighted by molar-refractivity contribution is 5.78. The summed E-state index contributed by atoms with van der Waals surface area (Å²) in [5.74, 6) is 2.41. The lowest BCUT2D eigenvalue weighted by Crippen LogP contribution is -2.52. The summed E-state index contributed by atoms with van der Waals surface area (Å²) in [5.41, 5.74) is 0. The Hall–Kier alpha value is -1.58. The van der Waals surface area contributed by atoms with Crippen LogP contribution in [0.2, 0.25) is 0 Å². The Labute approximate surface area is 127 Å². The minimum atomic E-state index is -0.0455. The molecule has 1 aliphatic heterocycles. The number of terminal acetylenes is 1. The van der Waals surface area contributed by atoms with Crippen LogP contribution in [0.15, 0.2) is 0 Å². The van der Waals surface area contributed by atoms with Crippen molar-refractivity contribution in [2.24, 2.45) is 0 Å². The van der Waals surface area contributed by atoms with Gasteiger partial charge >= 0.3 is 0 Å². The first-order chi connectivity index (χ1) is 10.0. The van der Waals surface area contributed by atoms with Gasteiger partial charge in [-0.15, -0.1) is 6.42 Å². The van der Waals surface area contributed by atoms with E-state index in [0.717, 1.165) is 32.6 Å². The van der Waals surface area contributed by atoms with E-state index in [1.807, 2.05) is 6.92 Å². The molecule has 0 aromatic heterocycles. The quantitative estimate of drug-likeness (QED) is 0.608. The molecule has 0 aliphatic carbocycles. The number of hydrogen-bond donors (Lipinski definition) is 2. The van der Waals surface area contributed by atoms with Gasteiger partial charge in [0.25, 0.3) is 0 Å². The van der Waals surface area contributed by atoms with E-state index in [0.29, 0.717) is 13.1 Å². The molecule has 1 heterocycles. The molecule has 1 rings (SSSR count). The van der Waals surface area contributed by atoms with Crippen LogP contribution in [-0.2, 0) is 9.59 Å². The molecule has 0 aromatic rings. The van der Waals surface area contributed by atoms with E-state index < -0.39 is 0 Å². The molecule has 1 fully saturated rings. The Kier molecular flexibility index (Phi) is 7.80. The number of hydrogen-bond acceptors (Lipinski definition) is 4. The minimum Gasteiger partial charge on any atom is -0.353 e. The van der Waals surface area contributed by atoms with Crippen LogP contribution in [0.3, 0.4) is 0 Å². The molecule has 2 N–H and O–H groups in total. The van der Waals surface area contributed by atoms with Crippen molar-refractivity contribution in [1.82, 2.24) is 20.4 Å². The van der Waals surface area contributed by atoms with Crippen LogP contribution in [0.25, 0.3) is 0 Å². The van der Waals surface area contributed by atoms with Crippen LogP contribution >= 0.6 is 0 Å². The highest BCUT2D eigenvalue weighted by Gasteiger charge is 2.20. The number of carbonyl (C=O) groups is 2. The van der Waals surface area contributed by atoms with Crippen molar-refractivity contribution in [1.29, 1.82) is 0 Å². The summed E-state index contributed by atoms with van der Waals surface area (Å²) >= 11 is 0. The number of piperazine rings is 1. The van der Waals surface area contributed by atoms with Gasteiger partial charge in [0, 0.05) is 32.2 Å². The molecular formula is C15H26N4O2. The number of rotatable bonds is 7. The Morgan fingerprint density at radius 1 is 1.14 bits per heavy atom. The maximum absolute atomic E-state index is 11.8. The van der Waals surface area contributed by atoms with Crippen LogP contribution in [-0.4, -0.2) is 73.5 Å². The van der Waals surface area contributed by atoms with E-state index in [2.05, 4.69) is 33.3 Å². The van der Waals surface area contributed by atoms with Gasteiger partial charge in [0.05, 0.1) is 19.6 Å². The molecule has 1 saturated heterocycles. The molecule has 0 unspecified atom stereocenters. The van der Waals surface area contributed by atoms with Crippen LogP contribution < -0.4 is 10.6 Å². The second-order valence-electron chi connectivity index (χ2n) is 5.41. The molecule has 0 aromatic carbocycles. The number of carbonyl (C=O) groups excluding carboxylic acids is 2. The topological polar surface area (TPSA) is 64.7 Å². The summed E-state index contributed by atoms with van der Waals surface area (Å²) in [7, 11) is 0. The molecule has 6 nitrogen and oxygen atoms in total. The molecule has 118 valence electrons. The highest BCUT2D eigenvalue weighted by atomic mass is 16.2. The molecule has 2 amide bonds. The lowest BCUT2D eigenvalue weighted by molar-refractivity contribution is -0.125. The third-order valence-corrected chi connectivity index (χ3v) is 3.61. The minimum absolute atomic E-state index is 0.0455. The summed E-state index contributed by atoms with van der Waals surface area (Å²) in [5, 5.41) is 5.62. The summed E-state index contributed by atoms with van der Waals surface area (Å²) in [6.45, 7) is 8.32. The van der Waals surface area contributed by atoms with Crippen LogP contribution in [0.1, 0.15) is 20.3 Å². The average molecular weight is 294 g/mol. The van der Waals surface area contributed by atoms with Gasteiger partial charge in [-0.1, -0.05) is 12.8 Å². The van der Waals surface area contributed by atoms with Crippen LogP contribution in [0.5, 0.6) is 0 Å². The molecular weight excluding hydrogens is 268 g/mol. The summed E-state index contributed by atoms with van der Waals surface area (Å²) in [6.07, 6.45) is 6.03. The summed E-state index contributed by atoms with van der Waals surface area (Å²) in [4.78, 5) is 27.6. The second kappa shape index (κ2) is 9.37. The largest absolute Gasteiger partial charge is 0.353 e. The van der Waals surface area contributed by atoms with Gasteiger partial charge in [0.2, 0.25) is 11.8 Å². The van der Waals surface area contributed by atoms with E-state index in [4.69, 9.17) is 6.42 Å². The maximum Gasteiger partial charge on any atom is 0.234 e. The van der Waals surface area contributed by atoms with E-state index in [-0.39, 0.29) is 24.4 Å². The zero-order valence-electron chi connectivity index (χ0n) is 13.0. The van der Waals surface area contributed by atoms with E-state index >= 15 is 0 Å². The van der Waals surface area contributed by atoms with Crippen molar-refractivity contribution < 1.29 is 9.59 Å². The van der Waals surface area contributed by atoms with Crippen LogP contribution in [0, 0.1) is 12.3 Å². The Bertz CT molecular complexity index is 384. The van der Waals surface area contributed by atoms with Gasteiger partial charge in [-0.3, -0.25) is 19.4 Å². The highest BCUT2D eigenvalue weighted by Crippen LogP contribution is 2.01. The lowest BCUT2D eigenvalue weighted by atomic mass is 10.2. The maximum atomic E-state index is 11.8. The molecule has 0 saturated carbocycles. The fraction of sp³-hybridized carbons (Fsp3) is 0.733. The third-order valence-electron chi connectivity index (χ3n) is 3.61. The normalized spacial score (nSPS) is 17.8. The van der Waals surface area contributed by atoms with Gasteiger partial charge in [-0.2, -0.15) is 0 Å². The SMILES string of the molecule is C#CCNC(=O)CN1CCN(CC(=O)N[C@H](C)CC)CC1.